The van der Waals surface area contributed by atoms with Crippen molar-refractivity contribution in [1.29, 1.82) is 0 Å². The molecule has 38 valence electrons. The van der Waals surface area contributed by atoms with Crippen LogP contribution in [0.2, 0.25) is 0 Å². The van der Waals surface area contributed by atoms with Crippen LogP contribution < -0.4 is 0 Å². The maximum atomic E-state index is 10.4. The van der Waals surface area contributed by atoms with Gasteiger partial charge in [0, 0.05) is 0 Å². The lowest BCUT2D eigenvalue weighted by Gasteiger charge is -1.89. The summed E-state index contributed by atoms with van der Waals surface area (Å²) in [6.07, 6.45) is 0. The molecule has 0 atom stereocenters. The predicted molar refractivity (Wildman–Crippen MR) is 13.2 cm³/mol. The average Bonchev–Trinajstić information content (AvgIpc) is 1.36. The summed E-state index contributed by atoms with van der Waals surface area (Å²) in [6, 6.07) is 0. The Morgan fingerprint density at radius 2 is 1.33 bits per heavy atom. The Bertz CT molecular complexity index is 28.5. The van der Waals surface area contributed by atoms with Crippen molar-refractivity contribution >= 4 is 8.69 Å². The lowest BCUT2D eigenvalue weighted by molar-refractivity contribution is -0.0606. The molecule has 0 amide bonds. The number of nitrogens with zero attached hydrogens (tertiary/aromatic N) is 1. The first-order valence-corrected chi connectivity index (χ1v) is 1.95. The fraction of sp³-hybridized carbons (Fsp3) is 0. The van der Waals surface area contributed by atoms with Crippen molar-refractivity contribution in [3.8, 4) is 0 Å². The summed E-state index contributed by atoms with van der Waals surface area (Å²) in [4.78, 5) is 0. The molecule has 0 saturated carbocycles. The first-order valence-electron chi connectivity index (χ1n) is 0.876. The molecule has 0 fully saturated rings. The van der Waals surface area contributed by atoms with Crippen LogP contribution in [0.1, 0.15) is 0 Å². The Balaban J connectivity index is 2.99. The number of hydrogen-bond donors (Lipinski definition) is 0. The van der Waals surface area contributed by atoms with Crippen LogP contribution in [0.4, 0.5) is 17.4 Å². The molecule has 0 aliphatic heterocycles. The van der Waals surface area contributed by atoms with E-state index in [1.165, 1.54) is 0 Å². The molecule has 0 aliphatic carbocycles. The molecule has 0 spiro atoms. The van der Waals surface area contributed by atoms with Crippen LogP contribution in [-0.4, -0.2) is 5.11 Å². The zero-order chi connectivity index (χ0) is 5.15. The van der Waals surface area contributed by atoms with Gasteiger partial charge < -0.3 is 0 Å². The van der Waals surface area contributed by atoms with Crippen LogP contribution >= 0.6 is 8.69 Å². The second kappa shape index (κ2) is 2.31. The standard InChI is InChI=1S/F4NP/c1-5(2)6(3)4. The molecule has 6 heavy (non-hydrogen) atoms. The number of hydrogen-bond acceptors (Lipinski definition) is 1. The smallest absolute Gasteiger partial charge is 0.164 e. The van der Waals surface area contributed by atoms with E-state index in [-0.39, 0.29) is 0 Å². The lowest BCUT2D eigenvalue weighted by atomic mass is 13.6. The van der Waals surface area contributed by atoms with Gasteiger partial charge in [0.05, 0.1) is 0 Å². The summed E-state index contributed by atoms with van der Waals surface area (Å²) >= 11 is 0. The van der Waals surface area contributed by atoms with E-state index >= 15 is 0 Å². The SMILES string of the molecule is FN(F)P(F)F. The van der Waals surface area contributed by atoms with Crippen LogP contribution in [0.25, 0.3) is 0 Å². The summed E-state index contributed by atoms with van der Waals surface area (Å²) in [7, 11) is -4.16. The van der Waals surface area contributed by atoms with Crippen LogP contribution in [-0.2, 0) is 0 Å². The molecular weight excluding hydrogens is 121 g/mol. The minimum atomic E-state index is -4.16. The zero-order valence-corrected chi connectivity index (χ0v) is 3.30. The molecule has 0 N–H and O–H groups in total. The van der Waals surface area contributed by atoms with Gasteiger partial charge in [-0.2, -0.15) is 8.39 Å². The molecule has 0 radical (unpaired) electrons. The van der Waals surface area contributed by atoms with Gasteiger partial charge in [0.25, 0.3) is 0 Å². The van der Waals surface area contributed by atoms with E-state index < -0.39 is 13.8 Å². The zero-order valence-electron chi connectivity index (χ0n) is 2.41. The summed E-state index contributed by atoms with van der Waals surface area (Å²) in [6.45, 7) is 0. The molecule has 0 rings (SSSR count). The Hall–Kier alpha value is 0.110. The normalized spacial score (nSPS) is 11.0. The van der Waals surface area contributed by atoms with E-state index in [0.29, 0.717) is 0 Å². The second-order valence-electron chi connectivity index (χ2n) is 0.430. The molecule has 1 nitrogen and oxygen atoms in total. The minimum absolute atomic E-state index is 2.10. The van der Waals surface area contributed by atoms with Crippen molar-refractivity contribution in [2.75, 3.05) is 0 Å². The van der Waals surface area contributed by atoms with Crippen molar-refractivity contribution < 1.29 is 17.4 Å². The molecule has 0 aromatic carbocycles. The van der Waals surface area contributed by atoms with Crippen molar-refractivity contribution in [2.24, 2.45) is 0 Å². The summed E-state index contributed by atoms with van der Waals surface area (Å²) in [5, 5.41) is -2.10. The van der Waals surface area contributed by atoms with E-state index in [4.69, 9.17) is 0 Å². The topological polar surface area (TPSA) is 3.24 Å². The van der Waals surface area contributed by atoms with Crippen LogP contribution in [0.3, 0.4) is 0 Å². The number of rotatable bonds is 1. The van der Waals surface area contributed by atoms with Gasteiger partial charge in [-0.3, -0.25) is 0 Å². The fourth-order valence-corrected chi connectivity index (χ4v) is 0. The molecular formula is F4NP. The highest BCUT2D eigenvalue weighted by molar-refractivity contribution is 7.43. The average molecular weight is 121 g/mol. The van der Waals surface area contributed by atoms with E-state index in [1.54, 1.807) is 0 Å². The Kier molecular flexibility index (Phi) is 2.35. The van der Waals surface area contributed by atoms with E-state index in [2.05, 4.69) is 0 Å². The van der Waals surface area contributed by atoms with Gasteiger partial charge in [-0.1, -0.05) is 8.96 Å². The highest BCUT2D eigenvalue weighted by Crippen LogP contribution is 2.43. The van der Waals surface area contributed by atoms with Gasteiger partial charge >= 0.3 is 8.69 Å². The van der Waals surface area contributed by atoms with Gasteiger partial charge in [0.15, 0.2) is 0 Å². The second-order valence-corrected chi connectivity index (χ2v) is 1.16. The minimum Gasteiger partial charge on any atom is -0.164 e. The summed E-state index contributed by atoms with van der Waals surface area (Å²) in [5.74, 6) is 0. The highest BCUT2D eigenvalue weighted by Gasteiger charge is 2.15. The number of halogens is 4. The Labute approximate surface area is 32.5 Å². The highest BCUT2D eigenvalue weighted by atomic mass is 31.2. The molecule has 0 heterocycles. The molecule has 0 saturated heterocycles. The van der Waals surface area contributed by atoms with Crippen molar-refractivity contribution in [3.05, 3.63) is 0 Å². The first-order chi connectivity index (χ1) is 2.64. The molecule has 6 heteroatoms. The fourth-order valence-electron chi connectivity index (χ4n) is 0. The van der Waals surface area contributed by atoms with Crippen molar-refractivity contribution in [2.45, 2.75) is 0 Å². The summed E-state index contributed by atoms with van der Waals surface area (Å²) < 4.78 is 41.3. The third kappa shape index (κ3) is 2.35. The molecule has 0 aromatic heterocycles. The Morgan fingerprint density at radius 1 is 1.17 bits per heavy atom. The van der Waals surface area contributed by atoms with Crippen LogP contribution in [0.5, 0.6) is 0 Å². The van der Waals surface area contributed by atoms with Crippen molar-refractivity contribution in [3.63, 3.8) is 0 Å². The van der Waals surface area contributed by atoms with Gasteiger partial charge in [-0.15, -0.1) is 0 Å². The lowest BCUT2D eigenvalue weighted by Crippen LogP contribution is -1.79. The van der Waals surface area contributed by atoms with Crippen LogP contribution in [0.15, 0.2) is 0 Å². The summed E-state index contributed by atoms with van der Waals surface area (Å²) in [5.41, 5.74) is 0. The molecule has 0 unspecified atom stereocenters. The van der Waals surface area contributed by atoms with E-state index in [0.717, 1.165) is 0 Å². The van der Waals surface area contributed by atoms with E-state index in [1.807, 2.05) is 0 Å². The van der Waals surface area contributed by atoms with Gasteiger partial charge in [0.2, 0.25) is 0 Å². The van der Waals surface area contributed by atoms with Gasteiger partial charge in [0.1, 0.15) is 5.11 Å². The maximum absolute atomic E-state index is 10.4. The Morgan fingerprint density at radius 3 is 1.33 bits per heavy atom. The first kappa shape index (κ1) is 6.11. The third-order valence-corrected chi connectivity index (χ3v) is 0.343. The quantitative estimate of drug-likeness (QED) is 0.292. The predicted octanol–water partition coefficient (Wildman–Crippen LogP) is 2.22. The van der Waals surface area contributed by atoms with Crippen LogP contribution in [0, 0.1) is 0 Å². The van der Waals surface area contributed by atoms with Crippen molar-refractivity contribution in [1.82, 2.24) is 5.11 Å². The van der Waals surface area contributed by atoms with E-state index in [9.17, 15) is 17.4 Å². The maximum Gasteiger partial charge on any atom is 0.404 e. The largest absolute Gasteiger partial charge is 0.404 e. The molecule has 0 aliphatic rings. The van der Waals surface area contributed by atoms with Gasteiger partial charge in [-0.25, -0.2) is 0 Å². The third-order valence-electron chi connectivity index (χ3n) is 0.114. The van der Waals surface area contributed by atoms with Gasteiger partial charge in [-0.05, 0) is 0 Å². The monoisotopic (exact) mass is 121 g/mol. The molecule has 0 aromatic rings. The molecule has 0 bridgehead atoms.